The van der Waals surface area contributed by atoms with E-state index in [0.717, 1.165) is 31.1 Å². The Morgan fingerprint density at radius 2 is 2.32 bits per heavy atom. The van der Waals surface area contributed by atoms with E-state index in [1.54, 1.807) is 6.20 Å². The van der Waals surface area contributed by atoms with Crippen LogP contribution >= 0.6 is 23.2 Å². The highest BCUT2D eigenvalue weighted by Crippen LogP contribution is 2.17. The molecule has 0 radical (unpaired) electrons. The summed E-state index contributed by atoms with van der Waals surface area (Å²) < 4.78 is 5.60. The molecule has 0 unspecified atom stereocenters. The van der Waals surface area contributed by atoms with Crippen LogP contribution in [0.25, 0.3) is 0 Å². The van der Waals surface area contributed by atoms with Gasteiger partial charge in [0.2, 0.25) is 5.28 Å². The van der Waals surface area contributed by atoms with Crippen LogP contribution in [0, 0.1) is 5.92 Å². The van der Waals surface area contributed by atoms with Crippen molar-refractivity contribution in [1.29, 1.82) is 0 Å². The van der Waals surface area contributed by atoms with Gasteiger partial charge in [0, 0.05) is 18.4 Å². The number of halogens is 2. The highest BCUT2D eigenvalue weighted by atomic mass is 35.5. The lowest BCUT2D eigenvalue weighted by Crippen LogP contribution is -2.29. The van der Waals surface area contributed by atoms with E-state index in [4.69, 9.17) is 27.9 Å². The molecule has 0 spiro atoms. The highest BCUT2D eigenvalue weighted by molar-refractivity contribution is 6.32. The van der Waals surface area contributed by atoms with Crippen molar-refractivity contribution in [3.63, 3.8) is 0 Å². The predicted octanol–water partition coefficient (Wildman–Crippen LogP) is 3.08. The van der Waals surface area contributed by atoms with E-state index in [-0.39, 0.29) is 5.28 Å². The molecule has 2 rings (SSSR count). The molecular formula is C13H19Cl2N3O. The minimum absolute atomic E-state index is 0.165. The van der Waals surface area contributed by atoms with E-state index in [1.165, 1.54) is 25.8 Å². The summed E-state index contributed by atoms with van der Waals surface area (Å²) in [6, 6.07) is 0. The van der Waals surface area contributed by atoms with Crippen LogP contribution in [0.15, 0.2) is 6.20 Å². The highest BCUT2D eigenvalue weighted by Gasteiger charge is 2.12. The summed E-state index contributed by atoms with van der Waals surface area (Å²) in [5.41, 5.74) is 0.783. The number of nitrogens with one attached hydrogen (secondary N) is 1. The quantitative estimate of drug-likeness (QED) is 0.498. The topological polar surface area (TPSA) is 47.0 Å². The Hall–Kier alpha value is -0.420. The first kappa shape index (κ1) is 15.0. The number of hydrogen-bond acceptors (Lipinski definition) is 4. The Morgan fingerprint density at radius 3 is 3.05 bits per heavy atom. The Bertz CT molecular complexity index is 397. The van der Waals surface area contributed by atoms with Crippen LogP contribution in [0.1, 0.15) is 31.2 Å². The smallest absolute Gasteiger partial charge is 0.223 e. The standard InChI is InChI=1S/C13H19Cl2N3O/c14-12-11(8-17-13(15)18-12)9-19-6-2-4-10-3-1-5-16-7-10/h8,10,16H,1-7,9H2/t10-/m0/s1. The maximum absolute atomic E-state index is 5.94. The van der Waals surface area contributed by atoms with Crippen molar-refractivity contribution in [1.82, 2.24) is 15.3 Å². The summed E-state index contributed by atoms with van der Waals surface area (Å²) in [4.78, 5) is 7.77. The van der Waals surface area contributed by atoms with Crippen LogP contribution in [-0.4, -0.2) is 29.7 Å². The predicted molar refractivity (Wildman–Crippen MR) is 76.5 cm³/mol. The lowest BCUT2D eigenvalue weighted by atomic mass is 9.95. The number of aromatic nitrogens is 2. The van der Waals surface area contributed by atoms with Gasteiger partial charge < -0.3 is 10.1 Å². The fourth-order valence-electron chi connectivity index (χ4n) is 2.29. The normalized spacial score (nSPS) is 19.6. The zero-order valence-electron chi connectivity index (χ0n) is 10.9. The molecule has 0 saturated carbocycles. The minimum Gasteiger partial charge on any atom is -0.377 e. The maximum atomic E-state index is 5.94. The second-order valence-corrected chi connectivity index (χ2v) is 5.56. The number of rotatable bonds is 6. The van der Waals surface area contributed by atoms with Crippen LogP contribution < -0.4 is 5.32 Å². The van der Waals surface area contributed by atoms with Gasteiger partial charge in [-0.25, -0.2) is 9.97 Å². The van der Waals surface area contributed by atoms with Crippen LogP contribution in [-0.2, 0) is 11.3 Å². The van der Waals surface area contributed by atoms with Crippen molar-refractivity contribution in [3.8, 4) is 0 Å². The van der Waals surface area contributed by atoms with E-state index in [0.29, 0.717) is 11.8 Å². The van der Waals surface area contributed by atoms with Gasteiger partial charge >= 0.3 is 0 Å². The summed E-state index contributed by atoms with van der Waals surface area (Å²) >= 11 is 11.6. The summed E-state index contributed by atoms with van der Waals surface area (Å²) in [5, 5.41) is 3.96. The average molecular weight is 304 g/mol. The fraction of sp³-hybridized carbons (Fsp3) is 0.692. The monoisotopic (exact) mass is 303 g/mol. The molecule has 6 heteroatoms. The van der Waals surface area contributed by atoms with Gasteiger partial charge in [-0.1, -0.05) is 11.6 Å². The second-order valence-electron chi connectivity index (χ2n) is 4.86. The Balaban J connectivity index is 1.61. The fourth-order valence-corrected chi connectivity index (χ4v) is 2.65. The van der Waals surface area contributed by atoms with Gasteiger partial charge in [-0.2, -0.15) is 0 Å². The number of nitrogens with zero attached hydrogens (tertiary/aromatic N) is 2. The van der Waals surface area contributed by atoms with Crippen molar-refractivity contribution in [3.05, 3.63) is 22.2 Å². The van der Waals surface area contributed by atoms with E-state index in [2.05, 4.69) is 15.3 Å². The molecule has 1 atom stereocenters. The maximum Gasteiger partial charge on any atom is 0.223 e. The van der Waals surface area contributed by atoms with Gasteiger partial charge in [-0.15, -0.1) is 0 Å². The van der Waals surface area contributed by atoms with Crippen molar-refractivity contribution in [2.75, 3.05) is 19.7 Å². The van der Waals surface area contributed by atoms with Gasteiger partial charge in [0.25, 0.3) is 0 Å². The van der Waals surface area contributed by atoms with E-state index in [1.807, 2.05) is 0 Å². The van der Waals surface area contributed by atoms with Crippen LogP contribution in [0.3, 0.4) is 0 Å². The molecule has 0 aromatic carbocycles. The summed E-state index contributed by atoms with van der Waals surface area (Å²) in [5.74, 6) is 0.805. The van der Waals surface area contributed by atoms with E-state index in [9.17, 15) is 0 Å². The Morgan fingerprint density at radius 1 is 1.42 bits per heavy atom. The Labute approximate surface area is 123 Å². The first-order valence-corrected chi connectivity index (χ1v) is 7.46. The zero-order chi connectivity index (χ0) is 13.5. The minimum atomic E-state index is 0.165. The molecule has 2 heterocycles. The summed E-state index contributed by atoms with van der Waals surface area (Å²) in [6.45, 7) is 3.51. The third-order valence-corrected chi connectivity index (χ3v) is 3.85. The largest absolute Gasteiger partial charge is 0.377 e. The molecule has 1 aliphatic rings. The van der Waals surface area contributed by atoms with Gasteiger partial charge in [0.15, 0.2) is 0 Å². The van der Waals surface area contributed by atoms with Crippen molar-refractivity contribution in [2.24, 2.45) is 5.92 Å². The molecule has 1 fully saturated rings. The molecule has 106 valence electrons. The van der Waals surface area contributed by atoms with Gasteiger partial charge in [-0.05, 0) is 56.3 Å². The van der Waals surface area contributed by atoms with Gasteiger partial charge in [0.05, 0.1) is 6.61 Å². The van der Waals surface area contributed by atoms with Crippen molar-refractivity contribution in [2.45, 2.75) is 32.3 Å². The molecule has 1 aromatic rings. The molecule has 1 aliphatic heterocycles. The van der Waals surface area contributed by atoms with E-state index < -0.39 is 0 Å². The van der Waals surface area contributed by atoms with Gasteiger partial charge in [-0.3, -0.25) is 0 Å². The average Bonchev–Trinajstić information content (AvgIpc) is 2.42. The number of piperidine rings is 1. The molecule has 19 heavy (non-hydrogen) atoms. The molecule has 1 N–H and O–H groups in total. The van der Waals surface area contributed by atoms with Crippen molar-refractivity contribution >= 4 is 23.2 Å². The van der Waals surface area contributed by atoms with Crippen LogP contribution in [0.4, 0.5) is 0 Å². The van der Waals surface area contributed by atoms with E-state index >= 15 is 0 Å². The molecule has 0 bridgehead atoms. The molecular weight excluding hydrogens is 285 g/mol. The lowest BCUT2D eigenvalue weighted by molar-refractivity contribution is 0.112. The lowest BCUT2D eigenvalue weighted by Gasteiger charge is -2.22. The third kappa shape index (κ3) is 5.22. The number of hydrogen-bond donors (Lipinski definition) is 1. The second kappa shape index (κ2) is 8.00. The zero-order valence-corrected chi connectivity index (χ0v) is 12.4. The van der Waals surface area contributed by atoms with Crippen molar-refractivity contribution < 1.29 is 4.74 Å². The number of ether oxygens (including phenoxy) is 1. The summed E-state index contributed by atoms with van der Waals surface area (Å²) in [6.07, 6.45) is 6.55. The molecule has 0 amide bonds. The molecule has 1 saturated heterocycles. The first-order chi connectivity index (χ1) is 9.25. The van der Waals surface area contributed by atoms with Crippen LogP contribution in [0.2, 0.25) is 10.4 Å². The SMILES string of the molecule is Clc1ncc(COCCC[C@@H]2CCCNC2)c(Cl)n1. The molecule has 0 aliphatic carbocycles. The molecule has 4 nitrogen and oxygen atoms in total. The van der Waals surface area contributed by atoms with Gasteiger partial charge in [0.1, 0.15) is 5.15 Å². The summed E-state index contributed by atoms with van der Waals surface area (Å²) in [7, 11) is 0. The Kier molecular flexibility index (Phi) is 6.31. The van der Waals surface area contributed by atoms with Crippen LogP contribution in [0.5, 0.6) is 0 Å². The molecule has 1 aromatic heterocycles. The third-order valence-electron chi connectivity index (χ3n) is 3.34. The first-order valence-electron chi connectivity index (χ1n) is 6.71.